The molecular formula is C12H11N3O4. The van der Waals surface area contributed by atoms with Gasteiger partial charge in [0.25, 0.3) is 5.69 Å². The average molecular weight is 261 g/mol. The Kier molecular flexibility index (Phi) is 3.56. The van der Waals surface area contributed by atoms with E-state index in [1.54, 1.807) is 31.4 Å². The highest BCUT2D eigenvalue weighted by atomic mass is 16.6. The third kappa shape index (κ3) is 2.95. The first kappa shape index (κ1) is 12.7. The lowest BCUT2D eigenvalue weighted by Crippen LogP contribution is -2.09. The molecule has 0 aliphatic rings. The third-order valence-electron chi connectivity index (χ3n) is 2.49. The van der Waals surface area contributed by atoms with Crippen LogP contribution in [-0.4, -0.2) is 20.4 Å². The molecule has 0 saturated heterocycles. The van der Waals surface area contributed by atoms with Crippen molar-refractivity contribution >= 4 is 11.7 Å². The Balaban J connectivity index is 2.06. The van der Waals surface area contributed by atoms with E-state index >= 15 is 0 Å². The quantitative estimate of drug-likeness (QED) is 0.474. The largest absolute Gasteiger partial charge is 0.455 e. The van der Waals surface area contributed by atoms with Crippen molar-refractivity contribution in [2.75, 3.05) is 0 Å². The fourth-order valence-corrected chi connectivity index (χ4v) is 1.55. The summed E-state index contributed by atoms with van der Waals surface area (Å²) in [6.45, 7) is 0.0264. The van der Waals surface area contributed by atoms with E-state index < -0.39 is 10.9 Å². The molecule has 0 aliphatic heterocycles. The number of esters is 1. The fourth-order valence-electron chi connectivity index (χ4n) is 1.55. The fraction of sp³-hybridized carbons (Fsp3) is 0.167. The van der Waals surface area contributed by atoms with Gasteiger partial charge in [0.15, 0.2) is 0 Å². The minimum Gasteiger partial charge on any atom is -0.455 e. The summed E-state index contributed by atoms with van der Waals surface area (Å²) in [5, 5.41) is 10.6. The van der Waals surface area contributed by atoms with Crippen LogP contribution >= 0.6 is 0 Å². The van der Waals surface area contributed by atoms with Crippen LogP contribution < -0.4 is 0 Å². The number of carbonyl (C=O) groups excluding carboxylic acids is 1. The lowest BCUT2D eigenvalue weighted by Gasteiger charge is -2.04. The first-order valence-electron chi connectivity index (χ1n) is 5.45. The minimum atomic E-state index is -0.624. The Morgan fingerprint density at radius 1 is 1.53 bits per heavy atom. The first-order chi connectivity index (χ1) is 9.08. The summed E-state index contributed by atoms with van der Waals surface area (Å²) >= 11 is 0. The molecule has 2 rings (SSSR count). The molecule has 2 aromatic rings. The van der Waals surface area contributed by atoms with Crippen LogP contribution in [0.25, 0.3) is 0 Å². The molecule has 0 aromatic carbocycles. The molecule has 0 radical (unpaired) electrons. The summed E-state index contributed by atoms with van der Waals surface area (Å²) in [4.78, 5) is 25.8. The first-order valence-corrected chi connectivity index (χ1v) is 5.45. The number of hydrogen-bond donors (Lipinski definition) is 0. The van der Waals surface area contributed by atoms with Crippen LogP contribution in [0.4, 0.5) is 5.69 Å². The van der Waals surface area contributed by atoms with E-state index in [4.69, 9.17) is 4.74 Å². The molecule has 7 nitrogen and oxygen atoms in total. The second-order valence-corrected chi connectivity index (χ2v) is 3.85. The van der Waals surface area contributed by atoms with E-state index in [1.165, 1.54) is 16.8 Å². The maximum Gasteiger partial charge on any atom is 0.355 e. The van der Waals surface area contributed by atoms with Gasteiger partial charge in [0.2, 0.25) is 0 Å². The van der Waals surface area contributed by atoms with Crippen molar-refractivity contribution in [3.05, 3.63) is 58.2 Å². The number of nitrogens with zero attached hydrogens (tertiary/aromatic N) is 3. The number of pyridine rings is 1. The highest BCUT2D eigenvalue weighted by Crippen LogP contribution is 2.16. The van der Waals surface area contributed by atoms with Gasteiger partial charge in [-0.2, -0.15) is 0 Å². The number of aryl methyl sites for hydroxylation is 1. The smallest absolute Gasteiger partial charge is 0.355 e. The number of aromatic nitrogens is 2. The van der Waals surface area contributed by atoms with E-state index in [0.717, 1.165) is 0 Å². The molecule has 0 N–H and O–H groups in total. The van der Waals surface area contributed by atoms with Crippen LogP contribution in [0.5, 0.6) is 0 Å². The van der Waals surface area contributed by atoms with Crippen molar-refractivity contribution in [1.29, 1.82) is 0 Å². The van der Waals surface area contributed by atoms with E-state index in [-0.39, 0.29) is 18.0 Å². The van der Waals surface area contributed by atoms with Crippen LogP contribution in [-0.2, 0) is 18.4 Å². The van der Waals surface area contributed by atoms with Crippen LogP contribution in [0.3, 0.4) is 0 Å². The van der Waals surface area contributed by atoms with E-state index in [9.17, 15) is 14.9 Å². The zero-order valence-electron chi connectivity index (χ0n) is 10.1. The number of carbonyl (C=O) groups is 1. The molecule has 0 bridgehead atoms. The van der Waals surface area contributed by atoms with Crippen LogP contribution in [0, 0.1) is 10.1 Å². The Labute approximate surface area is 108 Å². The Hall–Kier alpha value is -2.70. The van der Waals surface area contributed by atoms with E-state index in [1.807, 2.05) is 0 Å². The van der Waals surface area contributed by atoms with Gasteiger partial charge in [-0.3, -0.25) is 15.1 Å². The molecular weight excluding hydrogens is 250 g/mol. The van der Waals surface area contributed by atoms with Crippen LogP contribution in [0.2, 0.25) is 0 Å². The molecule has 0 spiro atoms. The van der Waals surface area contributed by atoms with E-state index in [2.05, 4.69) is 4.98 Å². The summed E-state index contributed by atoms with van der Waals surface area (Å²) in [7, 11) is 1.55. The zero-order chi connectivity index (χ0) is 13.8. The van der Waals surface area contributed by atoms with Gasteiger partial charge < -0.3 is 9.30 Å². The summed E-state index contributed by atoms with van der Waals surface area (Å²) in [6, 6.07) is 6.44. The van der Waals surface area contributed by atoms with Crippen LogP contribution in [0.1, 0.15) is 16.2 Å². The molecule has 2 heterocycles. The molecule has 2 aromatic heterocycles. The van der Waals surface area contributed by atoms with Gasteiger partial charge in [-0.25, -0.2) is 4.79 Å². The second-order valence-electron chi connectivity index (χ2n) is 3.85. The predicted molar refractivity (Wildman–Crippen MR) is 65.4 cm³/mol. The number of ether oxygens (including phenoxy) is 1. The number of hydrogen-bond acceptors (Lipinski definition) is 5. The van der Waals surface area contributed by atoms with Crippen molar-refractivity contribution < 1.29 is 14.5 Å². The van der Waals surface area contributed by atoms with E-state index in [0.29, 0.717) is 5.69 Å². The lowest BCUT2D eigenvalue weighted by molar-refractivity contribution is -0.384. The molecule has 7 heteroatoms. The highest BCUT2D eigenvalue weighted by molar-refractivity contribution is 5.88. The van der Waals surface area contributed by atoms with Crippen molar-refractivity contribution in [2.45, 2.75) is 6.61 Å². The molecule has 19 heavy (non-hydrogen) atoms. The SMILES string of the molecule is Cn1cc([N+](=O)[O-])cc1C(=O)OCc1ccccn1. The van der Waals surface area contributed by atoms with Gasteiger partial charge in [0, 0.05) is 19.3 Å². The van der Waals surface area contributed by atoms with Crippen molar-refractivity contribution in [1.82, 2.24) is 9.55 Å². The minimum absolute atomic E-state index is 0.0264. The Morgan fingerprint density at radius 2 is 2.32 bits per heavy atom. The average Bonchev–Trinajstić information content (AvgIpc) is 2.80. The maximum absolute atomic E-state index is 11.8. The summed E-state index contributed by atoms with van der Waals surface area (Å²) in [6.07, 6.45) is 2.86. The number of rotatable bonds is 4. The summed E-state index contributed by atoms with van der Waals surface area (Å²) < 4.78 is 6.40. The van der Waals surface area contributed by atoms with Crippen molar-refractivity contribution in [3.8, 4) is 0 Å². The number of nitro groups is 1. The second kappa shape index (κ2) is 5.30. The van der Waals surface area contributed by atoms with Gasteiger partial charge in [-0.05, 0) is 12.1 Å². The van der Waals surface area contributed by atoms with Crippen molar-refractivity contribution in [2.24, 2.45) is 7.05 Å². The molecule has 0 atom stereocenters. The standard InChI is InChI=1S/C12H11N3O4/c1-14-7-10(15(17)18)6-11(14)12(16)19-8-9-4-2-3-5-13-9/h2-7H,8H2,1H3. The molecule has 0 saturated carbocycles. The van der Waals surface area contributed by atoms with Crippen LogP contribution in [0.15, 0.2) is 36.7 Å². The monoisotopic (exact) mass is 261 g/mol. The lowest BCUT2D eigenvalue weighted by atomic mass is 10.3. The molecule has 98 valence electrons. The summed E-state index contributed by atoms with van der Waals surface area (Å²) in [5.41, 5.74) is 0.592. The van der Waals surface area contributed by atoms with Gasteiger partial charge in [-0.15, -0.1) is 0 Å². The Morgan fingerprint density at radius 3 is 2.89 bits per heavy atom. The molecule has 0 amide bonds. The summed E-state index contributed by atoms with van der Waals surface area (Å²) in [5.74, 6) is -0.624. The van der Waals surface area contributed by atoms with Gasteiger partial charge in [0.05, 0.1) is 16.8 Å². The van der Waals surface area contributed by atoms with Gasteiger partial charge >= 0.3 is 5.97 Å². The predicted octanol–water partition coefficient (Wildman–Crippen LogP) is 1.69. The molecule has 0 aliphatic carbocycles. The molecule has 0 unspecified atom stereocenters. The van der Waals surface area contributed by atoms with Gasteiger partial charge in [0.1, 0.15) is 12.3 Å². The molecule has 0 fully saturated rings. The maximum atomic E-state index is 11.8. The van der Waals surface area contributed by atoms with Gasteiger partial charge in [-0.1, -0.05) is 6.07 Å². The normalized spacial score (nSPS) is 10.2. The Bertz CT molecular complexity index is 607. The highest BCUT2D eigenvalue weighted by Gasteiger charge is 2.18. The zero-order valence-corrected chi connectivity index (χ0v) is 10.1. The van der Waals surface area contributed by atoms with Crippen molar-refractivity contribution in [3.63, 3.8) is 0 Å². The topological polar surface area (TPSA) is 87.3 Å². The third-order valence-corrected chi connectivity index (χ3v) is 2.49.